The van der Waals surface area contributed by atoms with Crippen molar-refractivity contribution in [3.8, 4) is 5.75 Å². The summed E-state index contributed by atoms with van der Waals surface area (Å²) in [6.45, 7) is 2.86. The summed E-state index contributed by atoms with van der Waals surface area (Å²) in [6.07, 6.45) is 3.06. The molecule has 2 aromatic heterocycles. The molecular formula is C18H18Cl2N6O2. The van der Waals surface area contributed by atoms with Crippen LogP contribution in [0.3, 0.4) is 0 Å². The van der Waals surface area contributed by atoms with Crippen molar-refractivity contribution in [2.75, 3.05) is 38.2 Å². The van der Waals surface area contributed by atoms with Gasteiger partial charge in [-0.2, -0.15) is 5.10 Å². The predicted octanol–water partition coefficient (Wildman–Crippen LogP) is 2.49. The van der Waals surface area contributed by atoms with Gasteiger partial charge in [-0.1, -0.05) is 23.2 Å². The lowest BCUT2D eigenvalue weighted by Gasteiger charge is -2.36. The van der Waals surface area contributed by atoms with Gasteiger partial charge in [0, 0.05) is 44.1 Å². The maximum atomic E-state index is 12.7. The minimum Gasteiger partial charge on any atom is -0.495 e. The lowest BCUT2D eigenvalue weighted by atomic mass is 10.2. The van der Waals surface area contributed by atoms with E-state index in [1.165, 1.54) is 6.33 Å². The second-order valence-electron chi connectivity index (χ2n) is 6.42. The highest BCUT2D eigenvalue weighted by Gasteiger charge is 2.22. The number of nitrogens with zero attached hydrogens (tertiary/aromatic N) is 6. The summed E-state index contributed by atoms with van der Waals surface area (Å²) >= 11 is 12.1. The average molecular weight is 421 g/mol. The minimum absolute atomic E-state index is 0.00484. The second-order valence-corrected chi connectivity index (χ2v) is 7.18. The Bertz CT molecular complexity index is 1020. The highest BCUT2D eigenvalue weighted by molar-refractivity contribution is 6.33. The van der Waals surface area contributed by atoms with Crippen molar-refractivity contribution in [2.45, 2.75) is 6.54 Å². The number of amides is 1. The molecule has 10 heteroatoms. The van der Waals surface area contributed by atoms with E-state index < -0.39 is 0 Å². The highest BCUT2D eigenvalue weighted by atomic mass is 35.5. The maximum Gasteiger partial charge on any atom is 0.244 e. The van der Waals surface area contributed by atoms with E-state index in [1.54, 1.807) is 18.0 Å². The first-order chi connectivity index (χ1) is 13.5. The van der Waals surface area contributed by atoms with Crippen LogP contribution in [-0.2, 0) is 11.3 Å². The van der Waals surface area contributed by atoms with Crippen LogP contribution >= 0.6 is 23.2 Å². The number of benzene rings is 1. The number of ether oxygens (including phenoxy) is 1. The molecule has 3 aromatic rings. The van der Waals surface area contributed by atoms with Crippen molar-refractivity contribution < 1.29 is 9.53 Å². The van der Waals surface area contributed by atoms with Crippen molar-refractivity contribution in [1.29, 1.82) is 0 Å². The van der Waals surface area contributed by atoms with E-state index in [2.05, 4.69) is 20.0 Å². The van der Waals surface area contributed by atoms with Crippen LogP contribution in [0.2, 0.25) is 10.2 Å². The van der Waals surface area contributed by atoms with Crippen LogP contribution in [0.4, 0.5) is 5.69 Å². The molecule has 0 saturated carbocycles. The molecule has 3 heterocycles. The SMILES string of the molecule is COc1cc(N2CCN(C(=O)Cn3cc4c(Cl)ncnc4n3)CC2)ccc1Cl. The van der Waals surface area contributed by atoms with E-state index in [4.69, 9.17) is 27.9 Å². The summed E-state index contributed by atoms with van der Waals surface area (Å²) in [5.74, 6) is 0.649. The van der Waals surface area contributed by atoms with E-state index in [-0.39, 0.29) is 12.5 Å². The molecule has 1 aromatic carbocycles. The predicted molar refractivity (Wildman–Crippen MR) is 107 cm³/mol. The first-order valence-electron chi connectivity index (χ1n) is 8.75. The van der Waals surface area contributed by atoms with Gasteiger partial charge in [-0.15, -0.1) is 0 Å². The van der Waals surface area contributed by atoms with E-state index in [0.717, 1.165) is 18.8 Å². The third-order valence-corrected chi connectivity index (χ3v) is 5.36. The van der Waals surface area contributed by atoms with Crippen LogP contribution in [-0.4, -0.2) is 63.8 Å². The Hall–Kier alpha value is -2.58. The smallest absolute Gasteiger partial charge is 0.244 e. The number of hydrogen-bond acceptors (Lipinski definition) is 6. The zero-order chi connectivity index (χ0) is 19.7. The molecule has 0 aliphatic carbocycles. The van der Waals surface area contributed by atoms with E-state index >= 15 is 0 Å². The maximum absolute atomic E-state index is 12.7. The summed E-state index contributed by atoms with van der Waals surface area (Å²) < 4.78 is 6.84. The van der Waals surface area contributed by atoms with Crippen LogP contribution in [0.5, 0.6) is 5.75 Å². The molecule has 28 heavy (non-hydrogen) atoms. The van der Waals surface area contributed by atoms with Crippen molar-refractivity contribution in [3.05, 3.63) is 40.9 Å². The number of anilines is 1. The van der Waals surface area contributed by atoms with Crippen LogP contribution in [0, 0.1) is 0 Å². The number of methoxy groups -OCH3 is 1. The third-order valence-electron chi connectivity index (χ3n) is 4.75. The number of hydrogen-bond donors (Lipinski definition) is 0. The van der Waals surface area contributed by atoms with Gasteiger partial charge in [0.05, 0.1) is 17.5 Å². The molecule has 0 radical (unpaired) electrons. The summed E-state index contributed by atoms with van der Waals surface area (Å²) in [5, 5.41) is 5.84. The first kappa shape index (κ1) is 18.8. The molecule has 1 aliphatic heterocycles. The lowest BCUT2D eigenvalue weighted by Crippen LogP contribution is -2.49. The van der Waals surface area contributed by atoms with Crippen LogP contribution in [0.1, 0.15) is 0 Å². The average Bonchev–Trinajstić information content (AvgIpc) is 3.12. The molecule has 1 amide bonds. The van der Waals surface area contributed by atoms with E-state index in [1.807, 2.05) is 23.1 Å². The number of aromatic nitrogens is 4. The van der Waals surface area contributed by atoms with Gasteiger partial charge in [0.1, 0.15) is 23.8 Å². The van der Waals surface area contributed by atoms with E-state index in [9.17, 15) is 4.79 Å². The van der Waals surface area contributed by atoms with Crippen molar-refractivity contribution >= 4 is 45.8 Å². The van der Waals surface area contributed by atoms with E-state index in [0.29, 0.717) is 40.0 Å². The van der Waals surface area contributed by atoms with Gasteiger partial charge in [-0.3, -0.25) is 9.48 Å². The highest BCUT2D eigenvalue weighted by Crippen LogP contribution is 2.29. The summed E-state index contributed by atoms with van der Waals surface area (Å²) in [4.78, 5) is 24.7. The van der Waals surface area contributed by atoms with Crippen LogP contribution < -0.4 is 9.64 Å². The zero-order valence-corrected chi connectivity index (χ0v) is 16.7. The minimum atomic E-state index is 0.00484. The number of halogens is 2. The summed E-state index contributed by atoms with van der Waals surface area (Å²) in [6, 6.07) is 5.70. The second kappa shape index (κ2) is 7.81. The molecule has 8 nitrogen and oxygen atoms in total. The van der Waals surface area contributed by atoms with Gasteiger partial charge >= 0.3 is 0 Å². The van der Waals surface area contributed by atoms with Gasteiger partial charge in [0.2, 0.25) is 5.91 Å². The zero-order valence-electron chi connectivity index (χ0n) is 15.2. The van der Waals surface area contributed by atoms with Crippen molar-refractivity contribution in [3.63, 3.8) is 0 Å². The Morgan fingerprint density at radius 1 is 1.18 bits per heavy atom. The Morgan fingerprint density at radius 2 is 1.96 bits per heavy atom. The van der Waals surface area contributed by atoms with Gasteiger partial charge in [0.15, 0.2) is 5.65 Å². The topological polar surface area (TPSA) is 76.4 Å². The Morgan fingerprint density at radius 3 is 2.68 bits per heavy atom. The molecule has 0 atom stereocenters. The Labute approximate surface area is 171 Å². The number of carbonyl (C=O) groups is 1. The molecule has 146 valence electrons. The fourth-order valence-electron chi connectivity index (χ4n) is 3.23. The standard InChI is InChI=1S/C18H18Cl2N6O2/c1-28-15-8-12(2-3-14(15)19)24-4-6-25(7-5-24)16(27)10-26-9-13-17(20)21-11-22-18(13)23-26/h2-3,8-9,11H,4-7,10H2,1H3. The molecule has 0 bridgehead atoms. The molecule has 4 rings (SSSR count). The molecule has 1 saturated heterocycles. The Kier molecular flexibility index (Phi) is 5.23. The third kappa shape index (κ3) is 3.70. The fourth-order valence-corrected chi connectivity index (χ4v) is 3.61. The molecule has 1 fully saturated rings. The van der Waals surface area contributed by atoms with Gasteiger partial charge in [-0.25, -0.2) is 9.97 Å². The first-order valence-corrected chi connectivity index (χ1v) is 9.50. The molecular weight excluding hydrogens is 403 g/mol. The number of fused-ring (bicyclic) bond motifs is 1. The quantitative estimate of drug-likeness (QED) is 0.603. The molecule has 0 N–H and O–H groups in total. The van der Waals surface area contributed by atoms with Crippen LogP contribution in [0.15, 0.2) is 30.7 Å². The fraction of sp³-hybridized carbons (Fsp3) is 0.333. The Balaban J connectivity index is 1.39. The summed E-state index contributed by atoms with van der Waals surface area (Å²) in [5.41, 5.74) is 1.51. The monoisotopic (exact) mass is 420 g/mol. The lowest BCUT2D eigenvalue weighted by molar-refractivity contribution is -0.132. The number of carbonyl (C=O) groups excluding carboxylic acids is 1. The normalized spacial score (nSPS) is 14.5. The van der Waals surface area contributed by atoms with Gasteiger partial charge < -0.3 is 14.5 Å². The molecule has 1 aliphatic rings. The number of piperazine rings is 1. The summed E-state index contributed by atoms with van der Waals surface area (Å²) in [7, 11) is 1.60. The molecule has 0 spiro atoms. The van der Waals surface area contributed by atoms with Crippen molar-refractivity contribution in [1.82, 2.24) is 24.6 Å². The largest absolute Gasteiger partial charge is 0.495 e. The number of rotatable bonds is 4. The van der Waals surface area contributed by atoms with Gasteiger partial charge in [-0.05, 0) is 12.1 Å². The van der Waals surface area contributed by atoms with Crippen LogP contribution in [0.25, 0.3) is 11.0 Å². The van der Waals surface area contributed by atoms with Crippen molar-refractivity contribution in [2.24, 2.45) is 0 Å². The molecule has 0 unspecified atom stereocenters. The van der Waals surface area contributed by atoms with Gasteiger partial charge in [0.25, 0.3) is 0 Å².